The lowest BCUT2D eigenvalue weighted by Crippen LogP contribution is -2.18. The van der Waals surface area contributed by atoms with Crippen molar-refractivity contribution in [1.29, 1.82) is 0 Å². The average molecular weight is 250 g/mol. The van der Waals surface area contributed by atoms with E-state index in [-0.39, 0.29) is 12.0 Å². The highest BCUT2D eigenvalue weighted by Crippen LogP contribution is 2.38. The van der Waals surface area contributed by atoms with Crippen molar-refractivity contribution in [2.24, 2.45) is 5.41 Å². The highest BCUT2D eigenvalue weighted by molar-refractivity contribution is 5.30. The van der Waals surface area contributed by atoms with Gasteiger partial charge in [-0.2, -0.15) is 0 Å². The fourth-order valence-electron chi connectivity index (χ4n) is 2.35. The first kappa shape index (κ1) is 15.0. The van der Waals surface area contributed by atoms with E-state index in [0.717, 1.165) is 5.75 Å². The number of hydrogen-bond acceptors (Lipinski definition) is 2. The van der Waals surface area contributed by atoms with Crippen molar-refractivity contribution >= 4 is 0 Å². The van der Waals surface area contributed by atoms with Gasteiger partial charge in [-0.3, -0.25) is 0 Å². The van der Waals surface area contributed by atoms with Gasteiger partial charge in [0.05, 0.1) is 6.61 Å². The van der Waals surface area contributed by atoms with Crippen LogP contribution < -0.4 is 4.74 Å². The Morgan fingerprint density at radius 3 is 2.22 bits per heavy atom. The van der Waals surface area contributed by atoms with Gasteiger partial charge in [0, 0.05) is 0 Å². The van der Waals surface area contributed by atoms with Crippen LogP contribution in [0.4, 0.5) is 0 Å². The summed E-state index contributed by atoms with van der Waals surface area (Å²) < 4.78 is 5.39. The quantitative estimate of drug-likeness (QED) is 0.827. The van der Waals surface area contributed by atoms with Crippen LogP contribution in [0.2, 0.25) is 0 Å². The molecule has 0 aromatic heterocycles. The Labute approximate surface area is 111 Å². The van der Waals surface area contributed by atoms with Crippen molar-refractivity contribution in [2.45, 2.75) is 46.5 Å². The number of hydrogen-bond donors (Lipinski definition) is 1. The Morgan fingerprint density at radius 2 is 1.78 bits per heavy atom. The third-order valence-electron chi connectivity index (χ3n) is 3.27. The number of aliphatic hydroxyl groups is 1. The molecule has 0 radical (unpaired) electrons. The summed E-state index contributed by atoms with van der Waals surface area (Å²) in [6.07, 6.45) is 2.41. The molecule has 1 atom stereocenters. The lowest BCUT2D eigenvalue weighted by Gasteiger charge is -2.31. The maximum atomic E-state index is 8.72. The summed E-state index contributed by atoms with van der Waals surface area (Å²) in [5.41, 5.74) is 1.66. The second-order valence-electron chi connectivity index (χ2n) is 5.85. The van der Waals surface area contributed by atoms with Gasteiger partial charge in [-0.25, -0.2) is 0 Å². The maximum absolute atomic E-state index is 8.72. The van der Waals surface area contributed by atoms with Crippen LogP contribution in [0.5, 0.6) is 5.75 Å². The summed E-state index contributed by atoms with van der Waals surface area (Å²) in [5, 5.41) is 8.72. The molecule has 0 saturated heterocycles. The minimum Gasteiger partial charge on any atom is -0.491 e. The van der Waals surface area contributed by atoms with Crippen LogP contribution in [0.15, 0.2) is 24.3 Å². The first-order valence-electron chi connectivity index (χ1n) is 6.82. The van der Waals surface area contributed by atoms with E-state index in [1.807, 2.05) is 12.1 Å². The van der Waals surface area contributed by atoms with Crippen LogP contribution in [0.1, 0.15) is 52.0 Å². The second kappa shape index (κ2) is 6.79. The summed E-state index contributed by atoms with van der Waals surface area (Å²) in [6.45, 7) is 9.53. The van der Waals surface area contributed by atoms with E-state index in [2.05, 4.69) is 39.8 Å². The van der Waals surface area contributed by atoms with Gasteiger partial charge in [0.15, 0.2) is 0 Å². The lowest BCUT2D eigenvalue weighted by atomic mass is 9.74. The monoisotopic (exact) mass is 250 g/mol. The SMILES string of the molecule is CCCC(c1ccc(OCCO)cc1)C(C)(C)C. The Bertz CT molecular complexity index is 335. The minimum absolute atomic E-state index is 0.0577. The topological polar surface area (TPSA) is 29.5 Å². The Hall–Kier alpha value is -1.02. The van der Waals surface area contributed by atoms with Crippen LogP contribution in [0, 0.1) is 5.41 Å². The predicted octanol–water partition coefficient (Wildman–Crippen LogP) is 3.99. The molecule has 2 heteroatoms. The molecule has 0 aliphatic rings. The number of rotatable bonds is 6. The van der Waals surface area contributed by atoms with E-state index in [0.29, 0.717) is 12.5 Å². The summed E-state index contributed by atoms with van der Waals surface area (Å²) in [7, 11) is 0. The van der Waals surface area contributed by atoms with Gasteiger partial charge in [0.25, 0.3) is 0 Å². The van der Waals surface area contributed by atoms with Gasteiger partial charge in [-0.05, 0) is 35.4 Å². The molecule has 1 aromatic carbocycles. The van der Waals surface area contributed by atoms with Crippen LogP contribution >= 0.6 is 0 Å². The average Bonchev–Trinajstić information content (AvgIpc) is 2.33. The zero-order valence-corrected chi connectivity index (χ0v) is 12.1. The third kappa shape index (κ3) is 4.34. The molecular weight excluding hydrogens is 224 g/mol. The highest BCUT2D eigenvalue weighted by atomic mass is 16.5. The lowest BCUT2D eigenvalue weighted by molar-refractivity contribution is 0.201. The molecule has 0 aliphatic heterocycles. The molecule has 1 unspecified atom stereocenters. The third-order valence-corrected chi connectivity index (χ3v) is 3.27. The van der Waals surface area contributed by atoms with Crippen molar-refractivity contribution in [3.05, 3.63) is 29.8 Å². The molecular formula is C16H26O2. The molecule has 1 aromatic rings. The van der Waals surface area contributed by atoms with Crippen LogP contribution in [-0.4, -0.2) is 18.3 Å². The van der Waals surface area contributed by atoms with Gasteiger partial charge in [0.1, 0.15) is 12.4 Å². The summed E-state index contributed by atoms with van der Waals surface area (Å²) in [4.78, 5) is 0. The first-order valence-corrected chi connectivity index (χ1v) is 6.82. The van der Waals surface area contributed by atoms with E-state index in [1.54, 1.807) is 0 Å². The Morgan fingerprint density at radius 1 is 1.17 bits per heavy atom. The normalized spacial score (nSPS) is 13.4. The van der Waals surface area contributed by atoms with Crippen molar-refractivity contribution in [2.75, 3.05) is 13.2 Å². The molecule has 1 rings (SSSR count). The van der Waals surface area contributed by atoms with E-state index in [4.69, 9.17) is 9.84 Å². The molecule has 0 bridgehead atoms. The minimum atomic E-state index is 0.0577. The van der Waals surface area contributed by atoms with E-state index in [9.17, 15) is 0 Å². The molecule has 2 nitrogen and oxygen atoms in total. The smallest absolute Gasteiger partial charge is 0.119 e. The predicted molar refractivity (Wildman–Crippen MR) is 76.1 cm³/mol. The van der Waals surface area contributed by atoms with Crippen molar-refractivity contribution < 1.29 is 9.84 Å². The molecule has 0 amide bonds. The van der Waals surface area contributed by atoms with Crippen molar-refractivity contribution in [3.63, 3.8) is 0 Å². The summed E-state index contributed by atoms with van der Waals surface area (Å²) >= 11 is 0. The molecule has 0 aliphatic carbocycles. The largest absolute Gasteiger partial charge is 0.491 e. The summed E-state index contributed by atoms with van der Waals surface area (Å²) in [5.74, 6) is 1.41. The van der Waals surface area contributed by atoms with Crippen molar-refractivity contribution in [1.82, 2.24) is 0 Å². The molecule has 1 N–H and O–H groups in total. The summed E-state index contributed by atoms with van der Waals surface area (Å²) in [6, 6.07) is 8.30. The van der Waals surface area contributed by atoms with Gasteiger partial charge in [-0.15, -0.1) is 0 Å². The zero-order chi connectivity index (χ0) is 13.6. The molecule has 0 fully saturated rings. The Balaban J connectivity index is 2.80. The number of benzene rings is 1. The van der Waals surface area contributed by atoms with Crippen LogP contribution in [-0.2, 0) is 0 Å². The van der Waals surface area contributed by atoms with Crippen LogP contribution in [0.25, 0.3) is 0 Å². The van der Waals surface area contributed by atoms with Crippen molar-refractivity contribution in [3.8, 4) is 5.75 Å². The second-order valence-corrected chi connectivity index (χ2v) is 5.85. The standard InChI is InChI=1S/C16H26O2/c1-5-6-15(16(2,3)4)13-7-9-14(10-8-13)18-12-11-17/h7-10,15,17H,5-6,11-12H2,1-4H3. The van der Waals surface area contributed by atoms with Crippen LogP contribution in [0.3, 0.4) is 0 Å². The first-order chi connectivity index (χ1) is 8.49. The molecule has 0 saturated carbocycles. The molecule has 0 spiro atoms. The molecule has 18 heavy (non-hydrogen) atoms. The number of aliphatic hydroxyl groups excluding tert-OH is 1. The van der Waals surface area contributed by atoms with Gasteiger partial charge in [-0.1, -0.05) is 46.2 Å². The fraction of sp³-hybridized carbons (Fsp3) is 0.625. The van der Waals surface area contributed by atoms with E-state index < -0.39 is 0 Å². The Kier molecular flexibility index (Phi) is 5.67. The maximum Gasteiger partial charge on any atom is 0.119 e. The van der Waals surface area contributed by atoms with E-state index >= 15 is 0 Å². The highest BCUT2D eigenvalue weighted by Gasteiger charge is 2.25. The van der Waals surface area contributed by atoms with Gasteiger partial charge in [0.2, 0.25) is 0 Å². The van der Waals surface area contributed by atoms with Gasteiger partial charge < -0.3 is 9.84 Å². The van der Waals surface area contributed by atoms with E-state index in [1.165, 1.54) is 18.4 Å². The number of ether oxygens (including phenoxy) is 1. The zero-order valence-electron chi connectivity index (χ0n) is 12.1. The molecule has 102 valence electrons. The molecule has 0 heterocycles. The fourth-order valence-corrected chi connectivity index (χ4v) is 2.35. The van der Waals surface area contributed by atoms with Gasteiger partial charge >= 0.3 is 0 Å².